The molecule has 0 radical (unpaired) electrons. The van der Waals surface area contributed by atoms with Crippen molar-refractivity contribution >= 4 is 0 Å². The largest absolute Gasteiger partial charge is 0.387 e. The Morgan fingerprint density at radius 3 is 2.44 bits per heavy atom. The Morgan fingerprint density at radius 2 is 2.00 bits per heavy atom. The monoisotopic (exact) mass is 130 g/mol. The SMILES string of the molecule is C[NH2+][C@H]1CCCC[C@H]1O. The van der Waals surface area contributed by atoms with Crippen molar-refractivity contribution in [2.45, 2.75) is 37.8 Å². The smallest absolute Gasteiger partial charge is 0.112 e. The normalized spacial score (nSPS) is 36.7. The van der Waals surface area contributed by atoms with Crippen LogP contribution in [0.4, 0.5) is 0 Å². The zero-order valence-electron chi connectivity index (χ0n) is 6.01. The Bertz CT molecular complexity index is 85.0. The number of rotatable bonds is 1. The summed E-state index contributed by atoms with van der Waals surface area (Å²) in [5, 5.41) is 11.5. The summed E-state index contributed by atoms with van der Waals surface area (Å²) in [7, 11) is 2.04. The first-order valence-corrected chi connectivity index (χ1v) is 3.82. The van der Waals surface area contributed by atoms with Gasteiger partial charge in [-0.3, -0.25) is 0 Å². The van der Waals surface area contributed by atoms with E-state index >= 15 is 0 Å². The third kappa shape index (κ3) is 1.66. The van der Waals surface area contributed by atoms with Crippen LogP contribution in [0.1, 0.15) is 25.7 Å². The summed E-state index contributed by atoms with van der Waals surface area (Å²) >= 11 is 0. The van der Waals surface area contributed by atoms with Crippen LogP contribution >= 0.6 is 0 Å². The van der Waals surface area contributed by atoms with Crippen molar-refractivity contribution < 1.29 is 10.4 Å². The van der Waals surface area contributed by atoms with Crippen LogP contribution < -0.4 is 5.32 Å². The highest BCUT2D eigenvalue weighted by Crippen LogP contribution is 2.15. The summed E-state index contributed by atoms with van der Waals surface area (Å²) in [5.41, 5.74) is 0. The maximum atomic E-state index is 9.34. The van der Waals surface area contributed by atoms with E-state index in [-0.39, 0.29) is 6.10 Å². The third-order valence-electron chi connectivity index (χ3n) is 2.21. The Kier molecular flexibility index (Phi) is 2.49. The summed E-state index contributed by atoms with van der Waals surface area (Å²) < 4.78 is 0. The zero-order chi connectivity index (χ0) is 6.69. The fraction of sp³-hybridized carbons (Fsp3) is 1.00. The van der Waals surface area contributed by atoms with Gasteiger partial charge in [-0.15, -0.1) is 0 Å². The van der Waals surface area contributed by atoms with Crippen molar-refractivity contribution in [3.05, 3.63) is 0 Å². The molecule has 0 aromatic rings. The van der Waals surface area contributed by atoms with Gasteiger partial charge < -0.3 is 10.4 Å². The molecule has 9 heavy (non-hydrogen) atoms. The Balaban J connectivity index is 2.30. The quantitative estimate of drug-likeness (QED) is 0.492. The van der Waals surface area contributed by atoms with E-state index in [9.17, 15) is 5.11 Å². The second kappa shape index (κ2) is 3.18. The van der Waals surface area contributed by atoms with Gasteiger partial charge in [0.25, 0.3) is 0 Å². The summed E-state index contributed by atoms with van der Waals surface area (Å²) in [6, 6.07) is 0.485. The molecule has 1 saturated carbocycles. The Hall–Kier alpha value is -0.0800. The van der Waals surface area contributed by atoms with E-state index in [0.29, 0.717) is 6.04 Å². The number of likely N-dealkylation sites (N-methyl/N-ethyl adjacent to an activating group) is 1. The average molecular weight is 130 g/mol. The van der Waals surface area contributed by atoms with Crippen molar-refractivity contribution in [1.82, 2.24) is 0 Å². The van der Waals surface area contributed by atoms with Gasteiger partial charge in [-0.1, -0.05) is 6.42 Å². The van der Waals surface area contributed by atoms with Crippen LogP contribution in [0, 0.1) is 0 Å². The van der Waals surface area contributed by atoms with Gasteiger partial charge in [-0.2, -0.15) is 0 Å². The number of hydrogen-bond donors (Lipinski definition) is 2. The van der Waals surface area contributed by atoms with Crippen molar-refractivity contribution in [1.29, 1.82) is 0 Å². The van der Waals surface area contributed by atoms with E-state index in [4.69, 9.17) is 0 Å². The van der Waals surface area contributed by atoms with Gasteiger partial charge >= 0.3 is 0 Å². The van der Waals surface area contributed by atoms with Crippen LogP contribution in [0.15, 0.2) is 0 Å². The molecule has 0 saturated heterocycles. The Labute approximate surface area is 56.3 Å². The van der Waals surface area contributed by atoms with Crippen LogP contribution in [0.2, 0.25) is 0 Å². The summed E-state index contributed by atoms with van der Waals surface area (Å²) in [5.74, 6) is 0. The molecule has 0 aliphatic heterocycles. The van der Waals surface area contributed by atoms with Crippen LogP contribution in [-0.2, 0) is 0 Å². The fourth-order valence-corrected chi connectivity index (χ4v) is 1.53. The standard InChI is InChI=1S/C7H15NO/c1-8-6-4-2-3-5-7(6)9/h6-9H,2-5H2,1H3/p+1/t6-,7+/m0/s1. The predicted molar refractivity (Wildman–Crippen MR) is 36.1 cm³/mol. The average Bonchev–Trinajstić information content (AvgIpc) is 1.89. The highest BCUT2D eigenvalue weighted by Gasteiger charge is 2.23. The molecule has 1 rings (SSSR count). The molecule has 2 heteroatoms. The number of aliphatic hydroxyl groups is 1. The minimum absolute atomic E-state index is 0.0382. The topological polar surface area (TPSA) is 36.8 Å². The first-order valence-electron chi connectivity index (χ1n) is 3.82. The van der Waals surface area contributed by atoms with Crippen LogP contribution in [0.25, 0.3) is 0 Å². The third-order valence-corrected chi connectivity index (χ3v) is 2.21. The van der Waals surface area contributed by atoms with Gasteiger partial charge in [0.05, 0.1) is 7.05 Å². The molecule has 1 fully saturated rings. The van der Waals surface area contributed by atoms with Gasteiger partial charge in [-0.25, -0.2) is 0 Å². The molecule has 1 aliphatic rings. The lowest BCUT2D eigenvalue weighted by molar-refractivity contribution is -0.673. The molecule has 0 unspecified atom stereocenters. The summed E-state index contributed by atoms with van der Waals surface area (Å²) in [6.45, 7) is 0. The predicted octanol–water partition coefficient (Wildman–Crippen LogP) is -0.517. The molecule has 1 aliphatic carbocycles. The number of aliphatic hydroxyl groups excluding tert-OH is 1. The van der Waals surface area contributed by atoms with Crippen molar-refractivity contribution in [3.8, 4) is 0 Å². The van der Waals surface area contributed by atoms with E-state index in [1.54, 1.807) is 0 Å². The van der Waals surface area contributed by atoms with Gasteiger partial charge in [0.2, 0.25) is 0 Å². The van der Waals surface area contributed by atoms with Gasteiger partial charge in [0.1, 0.15) is 12.1 Å². The second-order valence-corrected chi connectivity index (χ2v) is 2.85. The Morgan fingerprint density at radius 1 is 1.33 bits per heavy atom. The molecule has 0 amide bonds. The van der Waals surface area contributed by atoms with Gasteiger partial charge in [0.15, 0.2) is 0 Å². The van der Waals surface area contributed by atoms with E-state index in [2.05, 4.69) is 5.32 Å². The van der Waals surface area contributed by atoms with Crippen LogP contribution in [0.5, 0.6) is 0 Å². The van der Waals surface area contributed by atoms with E-state index < -0.39 is 0 Å². The lowest BCUT2D eigenvalue weighted by Crippen LogP contribution is -2.89. The van der Waals surface area contributed by atoms with Crippen molar-refractivity contribution in [2.24, 2.45) is 0 Å². The minimum Gasteiger partial charge on any atom is -0.387 e. The zero-order valence-corrected chi connectivity index (χ0v) is 6.01. The molecular formula is C7H16NO+. The fourth-order valence-electron chi connectivity index (χ4n) is 1.53. The van der Waals surface area contributed by atoms with Gasteiger partial charge in [0, 0.05) is 6.42 Å². The molecule has 2 nitrogen and oxygen atoms in total. The molecular weight excluding hydrogens is 114 g/mol. The number of quaternary nitrogens is 1. The second-order valence-electron chi connectivity index (χ2n) is 2.85. The highest BCUT2D eigenvalue weighted by molar-refractivity contribution is 4.71. The molecule has 0 aromatic carbocycles. The lowest BCUT2D eigenvalue weighted by Gasteiger charge is -2.23. The molecule has 0 aromatic heterocycles. The van der Waals surface area contributed by atoms with Crippen molar-refractivity contribution in [3.63, 3.8) is 0 Å². The maximum Gasteiger partial charge on any atom is 0.112 e. The van der Waals surface area contributed by atoms with Crippen LogP contribution in [-0.4, -0.2) is 24.3 Å². The highest BCUT2D eigenvalue weighted by atomic mass is 16.3. The first kappa shape index (κ1) is 7.03. The van der Waals surface area contributed by atoms with Gasteiger partial charge in [-0.05, 0) is 12.8 Å². The molecule has 0 spiro atoms. The van der Waals surface area contributed by atoms with E-state index in [1.807, 2.05) is 7.05 Å². The summed E-state index contributed by atoms with van der Waals surface area (Å²) in [6.07, 6.45) is 4.67. The molecule has 54 valence electrons. The minimum atomic E-state index is -0.0382. The van der Waals surface area contributed by atoms with Crippen LogP contribution in [0.3, 0.4) is 0 Å². The summed E-state index contributed by atoms with van der Waals surface area (Å²) in [4.78, 5) is 0. The van der Waals surface area contributed by atoms with E-state index in [0.717, 1.165) is 6.42 Å². The van der Waals surface area contributed by atoms with E-state index in [1.165, 1.54) is 19.3 Å². The molecule has 2 atom stereocenters. The first-order chi connectivity index (χ1) is 4.34. The molecule has 3 N–H and O–H groups in total. The molecule has 0 bridgehead atoms. The molecule has 0 heterocycles. The number of hydrogen-bond acceptors (Lipinski definition) is 1. The lowest BCUT2D eigenvalue weighted by atomic mass is 9.93. The maximum absolute atomic E-state index is 9.34. The van der Waals surface area contributed by atoms with Crippen molar-refractivity contribution in [2.75, 3.05) is 7.05 Å². The number of nitrogens with two attached hydrogens (primary N) is 1.